The number of pyridine rings is 1. The Morgan fingerprint density at radius 1 is 1.13 bits per heavy atom. The molecular formula is C43H45F7N8O3S. The molecule has 1 atom stereocenters. The van der Waals surface area contributed by atoms with Gasteiger partial charge in [-0.1, -0.05) is 24.4 Å². The lowest BCUT2D eigenvalue weighted by molar-refractivity contribution is -0.138. The van der Waals surface area contributed by atoms with E-state index in [0.717, 1.165) is 37.8 Å². The molecule has 2 aromatic carbocycles. The molecule has 6 N–H and O–H groups in total. The van der Waals surface area contributed by atoms with Crippen LogP contribution in [0.2, 0.25) is 0 Å². The van der Waals surface area contributed by atoms with E-state index in [1.807, 2.05) is 0 Å². The molecule has 4 fully saturated rings. The number of halogens is 7. The number of aromatic hydroxyl groups is 1. The van der Waals surface area contributed by atoms with Crippen molar-refractivity contribution >= 4 is 34.3 Å². The van der Waals surface area contributed by atoms with Crippen LogP contribution in [0.4, 0.5) is 42.4 Å². The first-order valence-corrected chi connectivity index (χ1v) is 21.2. The summed E-state index contributed by atoms with van der Waals surface area (Å²) in [5.74, 6) is -6.72. The maximum absolute atomic E-state index is 17.4. The number of phenols is 1. The molecule has 11 nitrogen and oxygen atoms in total. The number of piperidine rings is 1. The summed E-state index contributed by atoms with van der Waals surface area (Å²) in [4.78, 5) is 14.6. The first-order valence-electron chi connectivity index (χ1n) is 20.4. The van der Waals surface area contributed by atoms with E-state index < -0.39 is 96.2 Å². The van der Waals surface area contributed by atoms with Crippen molar-refractivity contribution < 1.29 is 45.3 Å². The van der Waals surface area contributed by atoms with E-state index in [1.165, 1.54) is 6.20 Å². The molecule has 2 aliphatic heterocycles. The van der Waals surface area contributed by atoms with Gasteiger partial charge in [0.15, 0.2) is 5.82 Å². The summed E-state index contributed by atoms with van der Waals surface area (Å²) in [6.07, 6.45) is 0.731. The van der Waals surface area contributed by atoms with Crippen LogP contribution in [0, 0.1) is 39.7 Å². The summed E-state index contributed by atoms with van der Waals surface area (Å²) < 4.78 is 118. The van der Waals surface area contributed by atoms with Gasteiger partial charge in [-0.2, -0.15) is 28.4 Å². The van der Waals surface area contributed by atoms with Crippen LogP contribution in [-0.4, -0.2) is 70.3 Å². The number of nitrogen functional groups attached to an aromatic ring is 1. The van der Waals surface area contributed by atoms with Gasteiger partial charge in [0.25, 0.3) is 5.92 Å². The fourth-order valence-electron chi connectivity index (χ4n) is 9.01. The van der Waals surface area contributed by atoms with Crippen molar-refractivity contribution in [3.8, 4) is 29.0 Å². The highest BCUT2D eigenvalue weighted by atomic mass is 32.2. The maximum atomic E-state index is 17.4. The predicted octanol–water partition coefficient (Wildman–Crippen LogP) is 9.31. The van der Waals surface area contributed by atoms with Crippen LogP contribution in [0.25, 0.3) is 22.0 Å². The number of fused-ring (bicyclic) bond motifs is 1. The Morgan fingerprint density at radius 3 is 2.45 bits per heavy atom. The lowest BCUT2D eigenvalue weighted by Gasteiger charge is -2.34. The van der Waals surface area contributed by atoms with Crippen molar-refractivity contribution in [2.45, 2.75) is 80.8 Å². The molecule has 2 aromatic heterocycles. The van der Waals surface area contributed by atoms with Gasteiger partial charge in [0.1, 0.15) is 40.4 Å². The average Bonchev–Trinajstić information content (AvgIpc) is 4.12. The number of hydrogen-bond donors (Lipinski definition) is 4. The number of thioether (sulfide) groups is 1. The third-order valence-corrected chi connectivity index (χ3v) is 13.7. The SMILES string of the molecule is C=C(N)Sc1c(F)ccc(-c2c(C(F)(F)F)c(O)c3c(N[C@H](CCC4CCOCC4)c4cccnc4N)nc(OCC4(CN5CCC6(CC5)CC6(F)F)CC4)nc3c2F)c1C#N. The minimum atomic E-state index is -5.44. The van der Waals surface area contributed by atoms with Crippen LogP contribution in [-0.2, 0) is 10.9 Å². The van der Waals surface area contributed by atoms with Gasteiger partial charge in [-0.3, -0.25) is 0 Å². The molecule has 4 heterocycles. The quantitative estimate of drug-likeness (QED) is 0.0701. The van der Waals surface area contributed by atoms with Crippen molar-refractivity contribution in [1.82, 2.24) is 19.9 Å². The molecule has 8 rings (SSSR count). The molecule has 0 bridgehead atoms. The van der Waals surface area contributed by atoms with Gasteiger partial charge in [-0.05, 0) is 88.6 Å². The van der Waals surface area contributed by atoms with E-state index in [9.17, 15) is 19.1 Å². The van der Waals surface area contributed by atoms with Crippen molar-refractivity contribution in [1.29, 1.82) is 5.26 Å². The monoisotopic (exact) mass is 886 g/mol. The number of nitrogens with one attached hydrogen (secondary N) is 1. The topological polar surface area (TPSA) is 168 Å². The predicted molar refractivity (Wildman–Crippen MR) is 218 cm³/mol. The van der Waals surface area contributed by atoms with E-state index in [1.54, 1.807) is 18.2 Å². The molecule has 4 aliphatic rings. The normalized spacial score (nSPS) is 19.8. The van der Waals surface area contributed by atoms with Crippen LogP contribution in [0.5, 0.6) is 11.8 Å². The number of anilines is 2. The van der Waals surface area contributed by atoms with E-state index >= 15 is 22.0 Å². The number of aromatic nitrogens is 3. The number of hydrogen-bond acceptors (Lipinski definition) is 12. The van der Waals surface area contributed by atoms with Gasteiger partial charge in [0, 0.05) is 59.9 Å². The lowest BCUT2D eigenvalue weighted by atomic mass is 9.90. The highest BCUT2D eigenvalue weighted by Crippen LogP contribution is 2.66. The molecule has 0 radical (unpaired) electrons. The van der Waals surface area contributed by atoms with Crippen molar-refractivity contribution in [2.24, 2.45) is 22.5 Å². The summed E-state index contributed by atoms with van der Waals surface area (Å²) in [5, 5.41) is 24.2. The molecule has 4 aromatic rings. The molecule has 2 aliphatic carbocycles. The number of phenolic OH excluding ortho intramolecular Hbond substituents is 1. The summed E-state index contributed by atoms with van der Waals surface area (Å²) in [6, 6.07) is 5.39. The first-order chi connectivity index (χ1) is 29.4. The first kappa shape index (κ1) is 43.6. The number of alkyl halides is 5. The largest absolute Gasteiger partial charge is 0.506 e. The van der Waals surface area contributed by atoms with Gasteiger partial charge < -0.3 is 36.3 Å². The molecule has 62 heavy (non-hydrogen) atoms. The van der Waals surface area contributed by atoms with Crippen LogP contribution in [0.1, 0.15) is 80.5 Å². The smallest absolute Gasteiger partial charge is 0.420 e. The van der Waals surface area contributed by atoms with Crippen molar-refractivity contribution in [3.63, 3.8) is 0 Å². The third kappa shape index (κ3) is 8.52. The number of rotatable bonds is 14. The second-order valence-corrected chi connectivity index (χ2v) is 18.1. The summed E-state index contributed by atoms with van der Waals surface area (Å²) in [6.45, 7) is 6.16. The Hall–Kier alpha value is -5.06. The maximum Gasteiger partial charge on any atom is 0.420 e. The van der Waals surface area contributed by atoms with E-state index in [2.05, 4.69) is 31.7 Å². The van der Waals surface area contributed by atoms with Crippen LogP contribution >= 0.6 is 11.8 Å². The van der Waals surface area contributed by atoms with Gasteiger partial charge in [0.2, 0.25) is 0 Å². The molecule has 19 heteroatoms. The standard InChI is InChI=1S/C43H45F7N8O3S/c1-23(52)62-36-27(19-51)25(5-6-28(36)44)30-32(43(48,49)50)35(59)31-34(33(30)45)56-39(61-22-40(10-11-40)21-58-15-12-41(13-16-58)20-42(41,46)47)57-38(31)55-29(26-3-2-14-54-37(26)53)7-4-24-8-17-60-18-9-24/h2-3,5-6,14,24,29,59H,1,4,7-13,15-18,20-22,52H2,(H2,53,54)(H,55,56,57)/t29-/m1/s1. The third-order valence-electron chi connectivity index (χ3n) is 12.9. The second kappa shape index (κ2) is 16.6. The van der Waals surface area contributed by atoms with Gasteiger partial charge in [-0.15, -0.1) is 0 Å². The Bertz CT molecular complexity index is 2430. The zero-order valence-corrected chi connectivity index (χ0v) is 34.4. The fourth-order valence-corrected chi connectivity index (χ4v) is 9.70. The van der Waals surface area contributed by atoms with Crippen molar-refractivity contribution in [2.75, 3.05) is 50.5 Å². The van der Waals surface area contributed by atoms with Gasteiger partial charge in [0.05, 0.1) is 33.5 Å². The molecule has 1 spiro atoms. The van der Waals surface area contributed by atoms with Crippen LogP contribution in [0.15, 0.2) is 47.0 Å². The zero-order valence-electron chi connectivity index (χ0n) is 33.6. The number of nitriles is 1. The average molecular weight is 887 g/mol. The van der Waals surface area contributed by atoms with Gasteiger partial charge >= 0.3 is 12.2 Å². The van der Waals surface area contributed by atoms with Crippen LogP contribution < -0.4 is 21.5 Å². The molecule has 0 unspecified atom stereocenters. The number of ether oxygens (including phenoxy) is 2. The Labute approximate surface area is 357 Å². The highest BCUT2D eigenvalue weighted by molar-refractivity contribution is 8.03. The van der Waals surface area contributed by atoms with Crippen LogP contribution in [0.3, 0.4) is 0 Å². The van der Waals surface area contributed by atoms with E-state index in [-0.39, 0.29) is 29.8 Å². The summed E-state index contributed by atoms with van der Waals surface area (Å²) in [5.41, 5.74) is 5.90. The van der Waals surface area contributed by atoms with Gasteiger partial charge in [-0.25, -0.2) is 22.5 Å². The van der Waals surface area contributed by atoms with E-state index in [4.69, 9.17) is 20.9 Å². The number of nitrogens with two attached hydrogens (primary N) is 2. The molecule has 330 valence electrons. The molecule has 2 saturated heterocycles. The molecule has 2 saturated carbocycles. The summed E-state index contributed by atoms with van der Waals surface area (Å²) in [7, 11) is 0. The minimum Gasteiger partial charge on any atom is -0.506 e. The number of likely N-dealkylation sites (tertiary alicyclic amines) is 1. The molecule has 0 amide bonds. The van der Waals surface area contributed by atoms with E-state index in [0.29, 0.717) is 75.9 Å². The number of benzene rings is 2. The Balaban J connectivity index is 1.23. The lowest BCUT2D eigenvalue weighted by Crippen LogP contribution is -2.41. The second-order valence-electron chi connectivity index (χ2n) is 17.0. The van der Waals surface area contributed by atoms with Crippen molar-refractivity contribution in [3.05, 3.63) is 70.4 Å². The zero-order chi connectivity index (χ0) is 44.2. The fraction of sp³-hybridized carbons (Fsp3) is 0.488. The Morgan fingerprint density at radius 2 is 1.84 bits per heavy atom. The minimum absolute atomic E-state index is 0.0136. The number of nitrogens with zero attached hydrogens (tertiary/aromatic N) is 5. The Kier molecular flexibility index (Phi) is 11.6. The summed E-state index contributed by atoms with van der Waals surface area (Å²) >= 11 is 0.472. The highest BCUT2D eigenvalue weighted by Gasteiger charge is 2.70. The molecular weight excluding hydrogens is 842 g/mol.